The number of fused-ring (bicyclic) bond motifs is 1. The Morgan fingerprint density at radius 2 is 1.77 bits per heavy atom. The predicted octanol–water partition coefficient (Wildman–Crippen LogP) is 3.25. The van der Waals surface area contributed by atoms with Crippen LogP contribution in [-0.4, -0.2) is 43.4 Å². The van der Waals surface area contributed by atoms with Gasteiger partial charge in [-0.3, -0.25) is 4.79 Å². The average Bonchev–Trinajstić information content (AvgIpc) is 3.09. The summed E-state index contributed by atoms with van der Waals surface area (Å²) in [5.41, 5.74) is 1.81. The van der Waals surface area contributed by atoms with Gasteiger partial charge in [0.15, 0.2) is 5.96 Å². The first-order valence-electron chi connectivity index (χ1n) is 9.55. The molecule has 1 aliphatic heterocycles. The van der Waals surface area contributed by atoms with Crippen molar-refractivity contribution >= 4 is 35.8 Å². The van der Waals surface area contributed by atoms with Crippen LogP contribution in [0, 0.1) is 11.8 Å². The first-order valence-corrected chi connectivity index (χ1v) is 9.55. The van der Waals surface area contributed by atoms with Crippen molar-refractivity contribution in [2.24, 2.45) is 16.8 Å². The van der Waals surface area contributed by atoms with Crippen LogP contribution in [-0.2, 0) is 6.54 Å². The molecule has 26 heavy (non-hydrogen) atoms. The van der Waals surface area contributed by atoms with Crippen LogP contribution in [0.3, 0.4) is 0 Å². The molecule has 1 aromatic rings. The summed E-state index contributed by atoms with van der Waals surface area (Å²) in [6.07, 6.45) is 5.53. The quantitative estimate of drug-likeness (QED) is 0.404. The molecule has 2 aliphatic rings. The largest absolute Gasteiger partial charge is 0.357 e. The molecule has 1 aromatic carbocycles. The van der Waals surface area contributed by atoms with E-state index in [1.807, 2.05) is 24.3 Å². The molecule has 0 aromatic heterocycles. The number of carbonyl (C=O) groups is 1. The van der Waals surface area contributed by atoms with E-state index in [2.05, 4.69) is 22.5 Å². The maximum absolute atomic E-state index is 11.6. The number of aliphatic imine (C=N–C) groups is 1. The molecule has 1 amide bonds. The molecule has 2 atom stereocenters. The lowest BCUT2D eigenvalue weighted by Gasteiger charge is -2.22. The normalized spacial score (nSPS) is 22.4. The van der Waals surface area contributed by atoms with E-state index in [0.717, 1.165) is 43.0 Å². The summed E-state index contributed by atoms with van der Waals surface area (Å²) in [7, 11) is 1.65. The molecule has 6 heteroatoms. The third-order valence-electron chi connectivity index (χ3n) is 5.47. The number of guanidine groups is 1. The van der Waals surface area contributed by atoms with Crippen LogP contribution in [0.1, 0.15) is 48.5 Å². The highest BCUT2D eigenvalue weighted by Gasteiger charge is 2.35. The number of hydrogen-bond donors (Lipinski definition) is 2. The van der Waals surface area contributed by atoms with Crippen molar-refractivity contribution in [2.75, 3.05) is 26.7 Å². The van der Waals surface area contributed by atoms with Gasteiger partial charge in [0, 0.05) is 32.2 Å². The van der Waals surface area contributed by atoms with E-state index in [4.69, 9.17) is 4.99 Å². The summed E-state index contributed by atoms with van der Waals surface area (Å²) in [6, 6.07) is 7.70. The topological polar surface area (TPSA) is 56.7 Å². The van der Waals surface area contributed by atoms with E-state index in [-0.39, 0.29) is 29.9 Å². The second-order valence-electron chi connectivity index (χ2n) is 7.16. The fourth-order valence-corrected chi connectivity index (χ4v) is 4.08. The van der Waals surface area contributed by atoms with Crippen LogP contribution in [0.25, 0.3) is 0 Å². The van der Waals surface area contributed by atoms with E-state index >= 15 is 0 Å². The van der Waals surface area contributed by atoms with Gasteiger partial charge in [-0.25, -0.2) is 4.99 Å². The summed E-state index contributed by atoms with van der Waals surface area (Å²) in [6.45, 7) is 5.94. The molecule has 1 saturated carbocycles. The molecule has 3 rings (SSSR count). The van der Waals surface area contributed by atoms with Crippen molar-refractivity contribution < 1.29 is 4.79 Å². The zero-order chi connectivity index (χ0) is 17.6. The molecule has 0 radical (unpaired) electrons. The van der Waals surface area contributed by atoms with Gasteiger partial charge in [-0.1, -0.05) is 25.0 Å². The maximum atomic E-state index is 11.6. The second kappa shape index (κ2) is 10.1. The number of halogens is 1. The Labute approximate surface area is 174 Å². The van der Waals surface area contributed by atoms with Crippen molar-refractivity contribution in [1.29, 1.82) is 0 Å². The number of nitrogens with one attached hydrogen (secondary N) is 2. The molecule has 5 nitrogen and oxygen atoms in total. The van der Waals surface area contributed by atoms with Gasteiger partial charge in [0.1, 0.15) is 0 Å². The van der Waals surface area contributed by atoms with Crippen LogP contribution in [0.2, 0.25) is 0 Å². The molecule has 144 valence electrons. The maximum Gasteiger partial charge on any atom is 0.251 e. The third kappa shape index (κ3) is 5.11. The van der Waals surface area contributed by atoms with E-state index < -0.39 is 0 Å². The van der Waals surface area contributed by atoms with Gasteiger partial charge in [-0.2, -0.15) is 0 Å². The van der Waals surface area contributed by atoms with Crippen LogP contribution >= 0.6 is 24.0 Å². The van der Waals surface area contributed by atoms with Crippen LogP contribution in [0.4, 0.5) is 0 Å². The Bertz CT molecular complexity index is 603. The lowest BCUT2D eigenvalue weighted by Crippen LogP contribution is -2.40. The minimum atomic E-state index is -0.0527. The Morgan fingerprint density at radius 3 is 2.31 bits per heavy atom. The van der Waals surface area contributed by atoms with E-state index in [1.165, 1.54) is 25.7 Å². The summed E-state index contributed by atoms with van der Waals surface area (Å²) in [5.74, 6) is 2.68. The highest BCUT2D eigenvalue weighted by Crippen LogP contribution is 2.35. The lowest BCUT2D eigenvalue weighted by atomic mass is 9.82. The number of carbonyl (C=O) groups excluding carboxylic acids is 1. The molecule has 0 spiro atoms. The molecule has 2 N–H and O–H groups in total. The first kappa shape index (κ1) is 21.0. The molecular weight excluding hydrogens is 439 g/mol. The molecule has 0 bridgehead atoms. The van der Waals surface area contributed by atoms with Gasteiger partial charge < -0.3 is 15.5 Å². The number of rotatable bonds is 4. The molecular formula is C20H31IN4O. The van der Waals surface area contributed by atoms with E-state index in [9.17, 15) is 4.79 Å². The van der Waals surface area contributed by atoms with Gasteiger partial charge in [0.05, 0.1) is 6.54 Å². The number of nitrogens with zero attached hydrogens (tertiary/aromatic N) is 2. The smallest absolute Gasteiger partial charge is 0.251 e. The predicted molar refractivity (Wildman–Crippen MR) is 117 cm³/mol. The van der Waals surface area contributed by atoms with Crippen LogP contribution in [0.5, 0.6) is 0 Å². The zero-order valence-electron chi connectivity index (χ0n) is 15.8. The van der Waals surface area contributed by atoms with Crippen molar-refractivity contribution in [1.82, 2.24) is 15.5 Å². The fraction of sp³-hybridized carbons (Fsp3) is 0.600. The molecule has 1 aliphatic carbocycles. The number of benzene rings is 1. The first-order chi connectivity index (χ1) is 12.2. The van der Waals surface area contributed by atoms with Crippen molar-refractivity contribution in [2.45, 2.75) is 39.2 Å². The van der Waals surface area contributed by atoms with Crippen LogP contribution in [0.15, 0.2) is 29.3 Å². The minimum absolute atomic E-state index is 0. The standard InChI is InChI=1S/C20H30N4O.HI/c1-3-22-20(24-13-17-6-4-5-7-18(17)14-24)23-12-15-8-10-16(11-9-15)19(25)21-2;/h8-11,17-18H,3-7,12-14H2,1-2H3,(H,21,25)(H,22,23);1H. The van der Waals surface area contributed by atoms with Crippen molar-refractivity contribution in [3.8, 4) is 0 Å². The monoisotopic (exact) mass is 470 g/mol. The summed E-state index contributed by atoms with van der Waals surface area (Å²) < 4.78 is 0. The van der Waals surface area contributed by atoms with Crippen molar-refractivity contribution in [3.05, 3.63) is 35.4 Å². The Kier molecular flexibility index (Phi) is 8.18. The van der Waals surface area contributed by atoms with Gasteiger partial charge in [0.2, 0.25) is 0 Å². The number of hydrogen-bond acceptors (Lipinski definition) is 2. The van der Waals surface area contributed by atoms with E-state index in [0.29, 0.717) is 12.1 Å². The zero-order valence-corrected chi connectivity index (χ0v) is 18.2. The van der Waals surface area contributed by atoms with Crippen molar-refractivity contribution in [3.63, 3.8) is 0 Å². The van der Waals surface area contributed by atoms with Gasteiger partial charge in [-0.05, 0) is 49.3 Å². The third-order valence-corrected chi connectivity index (χ3v) is 5.47. The highest BCUT2D eigenvalue weighted by atomic mass is 127. The Morgan fingerprint density at radius 1 is 1.15 bits per heavy atom. The number of likely N-dealkylation sites (tertiary alicyclic amines) is 1. The van der Waals surface area contributed by atoms with Gasteiger partial charge in [0.25, 0.3) is 5.91 Å². The van der Waals surface area contributed by atoms with Gasteiger partial charge in [-0.15, -0.1) is 24.0 Å². The number of amides is 1. The summed E-state index contributed by atoms with van der Waals surface area (Å²) >= 11 is 0. The van der Waals surface area contributed by atoms with Gasteiger partial charge >= 0.3 is 0 Å². The van der Waals surface area contributed by atoms with E-state index in [1.54, 1.807) is 7.05 Å². The molecule has 2 unspecified atom stereocenters. The summed E-state index contributed by atoms with van der Waals surface area (Å²) in [5, 5.41) is 6.10. The summed E-state index contributed by atoms with van der Waals surface area (Å²) in [4.78, 5) is 18.9. The molecule has 2 fully saturated rings. The van der Waals surface area contributed by atoms with Crippen LogP contribution < -0.4 is 10.6 Å². The minimum Gasteiger partial charge on any atom is -0.357 e. The SMILES string of the molecule is CCNC(=NCc1ccc(C(=O)NC)cc1)N1CC2CCCCC2C1.I. The second-order valence-corrected chi connectivity index (χ2v) is 7.16. The fourth-order valence-electron chi connectivity index (χ4n) is 4.08. The Hall–Kier alpha value is -1.31. The Balaban J connectivity index is 0.00000243. The molecule has 1 saturated heterocycles. The average molecular weight is 470 g/mol. The lowest BCUT2D eigenvalue weighted by molar-refractivity contribution is 0.0963. The highest BCUT2D eigenvalue weighted by molar-refractivity contribution is 14.0. The molecule has 1 heterocycles.